The molecular weight excluding hydrogens is 288 g/mol. The van der Waals surface area contributed by atoms with E-state index in [1.54, 1.807) is 18.2 Å². The Bertz CT molecular complexity index is 555. The Balaban J connectivity index is 0.00000161. The molecule has 0 saturated heterocycles. The minimum Gasteiger partial charge on any atom is -0.508 e. The van der Waals surface area contributed by atoms with Gasteiger partial charge >= 0.3 is 5.97 Å². The Morgan fingerprint density at radius 3 is 2.57 bits per heavy atom. The fourth-order valence-corrected chi connectivity index (χ4v) is 4.31. The summed E-state index contributed by atoms with van der Waals surface area (Å²) in [5.74, 6) is 0.423. The Hall–Kier alpha value is -1.22. The number of benzene rings is 1. The molecule has 2 aliphatic rings. The number of ether oxygens (including phenoxy) is 1. The van der Waals surface area contributed by atoms with Gasteiger partial charge in [0.1, 0.15) is 11.9 Å². The molecule has 116 valence electrons. The average molecular weight is 311 g/mol. The summed E-state index contributed by atoms with van der Waals surface area (Å²) in [4.78, 5) is 12.2. The number of esters is 1. The van der Waals surface area contributed by atoms with Gasteiger partial charge in [-0.15, -0.1) is 12.4 Å². The smallest absolute Gasteiger partial charge is 0.338 e. The van der Waals surface area contributed by atoms with Crippen molar-refractivity contribution in [1.29, 1.82) is 0 Å². The van der Waals surface area contributed by atoms with Gasteiger partial charge in [-0.05, 0) is 48.8 Å². The molecule has 2 fully saturated rings. The van der Waals surface area contributed by atoms with Gasteiger partial charge in [0.25, 0.3) is 0 Å². The largest absolute Gasteiger partial charge is 0.508 e. The van der Waals surface area contributed by atoms with Crippen LogP contribution < -0.4 is 0 Å². The van der Waals surface area contributed by atoms with Crippen LogP contribution in [0.1, 0.15) is 50.4 Å². The van der Waals surface area contributed by atoms with Crippen molar-refractivity contribution in [3.8, 4) is 5.75 Å². The van der Waals surface area contributed by atoms with Gasteiger partial charge in [0.2, 0.25) is 0 Å². The first-order valence-corrected chi connectivity index (χ1v) is 7.30. The molecule has 1 aromatic carbocycles. The van der Waals surface area contributed by atoms with Crippen molar-refractivity contribution in [2.75, 3.05) is 0 Å². The van der Waals surface area contributed by atoms with Crippen LogP contribution in [-0.4, -0.2) is 17.2 Å². The summed E-state index contributed by atoms with van der Waals surface area (Å²) in [7, 11) is 0. The zero-order valence-corrected chi connectivity index (χ0v) is 13.6. The van der Waals surface area contributed by atoms with E-state index >= 15 is 0 Å². The van der Waals surface area contributed by atoms with Gasteiger partial charge in [0.15, 0.2) is 0 Å². The first kappa shape index (κ1) is 16.2. The summed E-state index contributed by atoms with van der Waals surface area (Å²) < 4.78 is 5.73. The second-order valence-electron chi connectivity index (χ2n) is 7.40. The van der Waals surface area contributed by atoms with E-state index in [-0.39, 0.29) is 35.6 Å². The molecule has 1 aromatic rings. The summed E-state index contributed by atoms with van der Waals surface area (Å²) in [6.45, 7) is 6.87. The van der Waals surface area contributed by atoms with Crippen LogP contribution in [0.15, 0.2) is 24.3 Å². The summed E-state index contributed by atoms with van der Waals surface area (Å²) in [5.41, 5.74) is 0.902. The molecule has 4 heteroatoms. The lowest BCUT2D eigenvalue weighted by molar-refractivity contribution is -0.0221. The third-order valence-electron chi connectivity index (χ3n) is 5.28. The third-order valence-corrected chi connectivity index (χ3v) is 5.28. The second kappa shape index (κ2) is 5.20. The van der Waals surface area contributed by atoms with E-state index in [1.165, 1.54) is 6.07 Å². The van der Waals surface area contributed by atoms with Crippen molar-refractivity contribution >= 4 is 18.4 Å². The van der Waals surface area contributed by atoms with E-state index in [0.717, 1.165) is 19.3 Å². The first-order valence-electron chi connectivity index (χ1n) is 7.30. The summed E-state index contributed by atoms with van der Waals surface area (Å²) in [5, 5.41) is 9.44. The van der Waals surface area contributed by atoms with Crippen LogP contribution in [0.3, 0.4) is 0 Å². The summed E-state index contributed by atoms with van der Waals surface area (Å²) in [6, 6.07) is 6.36. The van der Waals surface area contributed by atoms with E-state index in [0.29, 0.717) is 16.9 Å². The minimum atomic E-state index is -0.322. The average Bonchev–Trinajstić information content (AvgIpc) is 2.77. The fraction of sp³-hybridized carbons (Fsp3) is 0.588. The maximum absolute atomic E-state index is 12.2. The lowest BCUT2D eigenvalue weighted by atomic mass is 9.71. The van der Waals surface area contributed by atoms with Crippen LogP contribution in [-0.2, 0) is 4.74 Å². The molecule has 3 rings (SSSR count). The van der Waals surface area contributed by atoms with E-state index < -0.39 is 0 Å². The Morgan fingerprint density at radius 1 is 1.33 bits per heavy atom. The summed E-state index contributed by atoms with van der Waals surface area (Å²) >= 11 is 0. The maximum atomic E-state index is 12.2. The minimum absolute atomic E-state index is 0. The van der Waals surface area contributed by atoms with Crippen molar-refractivity contribution < 1.29 is 14.6 Å². The maximum Gasteiger partial charge on any atom is 0.338 e. The molecule has 2 bridgehead atoms. The fourth-order valence-electron chi connectivity index (χ4n) is 4.31. The van der Waals surface area contributed by atoms with Crippen molar-refractivity contribution in [1.82, 2.24) is 0 Å². The van der Waals surface area contributed by atoms with E-state index in [4.69, 9.17) is 4.74 Å². The third kappa shape index (κ3) is 2.76. The highest BCUT2D eigenvalue weighted by Crippen LogP contribution is 2.63. The van der Waals surface area contributed by atoms with Crippen molar-refractivity contribution in [3.63, 3.8) is 0 Å². The second-order valence-corrected chi connectivity index (χ2v) is 7.40. The van der Waals surface area contributed by atoms with Gasteiger partial charge in [0.05, 0.1) is 5.56 Å². The predicted octanol–water partition coefficient (Wildman–Crippen LogP) is 4.19. The number of aromatic hydroxyl groups is 1. The topological polar surface area (TPSA) is 46.5 Å². The lowest BCUT2D eigenvalue weighted by Gasteiger charge is -2.38. The highest BCUT2D eigenvalue weighted by Gasteiger charge is 2.58. The van der Waals surface area contributed by atoms with Crippen molar-refractivity contribution in [2.24, 2.45) is 16.7 Å². The number of phenols is 1. The van der Waals surface area contributed by atoms with Crippen LogP contribution >= 0.6 is 12.4 Å². The van der Waals surface area contributed by atoms with E-state index in [1.807, 2.05) is 0 Å². The number of carbonyl (C=O) groups excluding carboxylic acids is 1. The lowest BCUT2D eigenvalue weighted by Crippen LogP contribution is -2.37. The number of fused-ring (bicyclic) bond motifs is 2. The number of carbonyl (C=O) groups is 1. The van der Waals surface area contributed by atoms with Gasteiger partial charge in [0, 0.05) is 5.41 Å². The Morgan fingerprint density at radius 2 is 2.05 bits per heavy atom. The first-order chi connectivity index (χ1) is 9.30. The number of phenolic OH excluding ortho intramolecular Hbond substituents is 1. The van der Waals surface area contributed by atoms with E-state index in [2.05, 4.69) is 20.8 Å². The highest BCUT2D eigenvalue weighted by molar-refractivity contribution is 5.90. The van der Waals surface area contributed by atoms with Gasteiger partial charge < -0.3 is 9.84 Å². The molecule has 2 aliphatic carbocycles. The van der Waals surface area contributed by atoms with Gasteiger partial charge in [-0.2, -0.15) is 0 Å². The van der Waals surface area contributed by atoms with Gasteiger partial charge in [-0.3, -0.25) is 0 Å². The molecule has 0 spiro atoms. The zero-order valence-electron chi connectivity index (χ0n) is 12.8. The molecule has 0 amide bonds. The molecule has 0 radical (unpaired) electrons. The predicted molar refractivity (Wildman–Crippen MR) is 83.8 cm³/mol. The Labute approximate surface area is 132 Å². The standard InChI is InChI=1S/C17H22O3.ClH/c1-16(2)10-17(3)9-12(16)8-14(17)20-15(19)11-5-4-6-13(18)7-11;/h4-7,12,14,18H,8-10H2,1-3H3;1H/t12-,14-,17+;/m0./s1. The van der Waals surface area contributed by atoms with Crippen molar-refractivity contribution in [2.45, 2.75) is 46.1 Å². The molecule has 0 unspecified atom stereocenters. The molecule has 1 N–H and O–H groups in total. The number of halogens is 1. The van der Waals surface area contributed by atoms with Crippen molar-refractivity contribution in [3.05, 3.63) is 29.8 Å². The van der Waals surface area contributed by atoms with Crippen LogP contribution in [0.4, 0.5) is 0 Å². The highest BCUT2D eigenvalue weighted by atomic mass is 35.5. The molecule has 0 aliphatic heterocycles. The Kier molecular flexibility index (Phi) is 4.00. The van der Waals surface area contributed by atoms with Gasteiger partial charge in [-0.25, -0.2) is 4.79 Å². The number of rotatable bonds is 2. The molecule has 21 heavy (non-hydrogen) atoms. The molecule has 3 atom stereocenters. The van der Waals surface area contributed by atoms with E-state index in [9.17, 15) is 9.90 Å². The molecule has 3 nitrogen and oxygen atoms in total. The quantitative estimate of drug-likeness (QED) is 0.833. The summed E-state index contributed by atoms with van der Waals surface area (Å²) in [6.07, 6.45) is 3.24. The molecular formula is C17H23ClO3. The van der Waals surface area contributed by atoms with Crippen LogP contribution in [0, 0.1) is 16.7 Å². The molecule has 0 heterocycles. The monoisotopic (exact) mass is 310 g/mol. The van der Waals surface area contributed by atoms with Crippen LogP contribution in [0.5, 0.6) is 5.75 Å². The molecule has 2 saturated carbocycles. The van der Waals surface area contributed by atoms with Crippen LogP contribution in [0.25, 0.3) is 0 Å². The zero-order chi connectivity index (χ0) is 14.5. The number of hydrogen-bond acceptors (Lipinski definition) is 3. The van der Waals surface area contributed by atoms with Crippen LogP contribution in [0.2, 0.25) is 0 Å². The number of hydrogen-bond donors (Lipinski definition) is 1. The van der Waals surface area contributed by atoms with Gasteiger partial charge in [-0.1, -0.05) is 26.8 Å². The molecule has 0 aromatic heterocycles. The normalized spacial score (nSPS) is 32.5. The SMILES string of the molecule is CC1(C)C[C@@]2(C)C[C@@H]1C[C@@H]2OC(=O)c1cccc(O)c1.Cl.